The van der Waals surface area contributed by atoms with Gasteiger partial charge in [0, 0.05) is 36.1 Å². The lowest BCUT2D eigenvalue weighted by atomic mass is 9.73. The number of para-hydroxylation sites is 2. The van der Waals surface area contributed by atoms with Crippen LogP contribution in [0.3, 0.4) is 0 Å². The van der Waals surface area contributed by atoms with E-state index in [0.717, 1.165) is 5.69 Å². The van der Waals surface area contributed by atoms with Crippen LogP contribution in [0.15, 0.2) is 71.7 Å². The van der Waals surface area contributed by atoms with Gasteiger partial charge in [0.25, 0.3) is 11.5 Å². The standard InChI is InChI=1S/C26H26N2O3/c1-4-27(18-11-7-5-8-12-18)24(30)23-20-15-26(2,3)16-22(29)21(20)17-28(25(23)31)19-13-9-6-10-14-19/h5-14,17H,4,15-16H2,1-3H3. The summed E-state index contributed by atoms with van der Waals surface area (Å²) in [6.07, 6.45) is 2.50. The maximum atomic E-state index is 13.8. The van der Waals surface area contributed by atoms with Gasteiger partial charge in [-0.25, -0.2) is 0 Å². The van der Waals surface area contributed by atoms with Crippen LogP contribution in [0.25, 0.3) is 5.69 Å². The second-order valence-electron chi connectivity index (χ2n) is 8.73. The smallest absolute Gasteiger partial charge is 0.268 e. The molecule has 1 aliphatic rings. The van der Waals surface area contributed by atoms with Crippen LogP contribution in [0.2, 0.25) is 0 Å². The molecule has 31 heavy (non-hydrogen) atoms. The molecule has 4 rings (SSSR count). The van der Waals surface area contributed by atoms with Crippen LogP contribution in [0.1, 0.15) is 53.5 Å². The first-order valence-electron chi connectivity index (χ1n) is 10.6. The van der Waals surface area contributed by atoms with Gasteiger partial charge < -0.3 is 4.90 Å². The Morgan fingerprint density at radius 2 is 1.58 bits per heavy atom. The molecule has 1 heterocycles. The minimum absolute atomic E-state index is 0.0345. The zero-order valence-electron chi connectivity index (χ0n) is 18.1. The second-order valence-corrected chi connectivity index (χ2v) is 8.73. The van der Waals surface area contributed by atoms with E-state index in [0.29, 0.717) is 36.2 Å². The lowest BCUT2D eigenvalue weighted by Crippen LogP contribution is -2.41. The van der Waals surface area contributed by atoms with Gasteiger partial charge in [0.05, 0.1) is 0 Å². The van der Waals surface area contributed by atoms with Crippen molar-refractivity contribution in [2.24, 2.45) is 5.41 Å². The zero-order valence-corrected chi connectivity index (χ0v) is 18.1. The van der Waals surface area contributed by atoms with E-state index in [2.05, 4.69) is 0 Å². The lowest BCUT2D eigenvalue weighted by Gasteiger charge is -2.32. The van der Waals surface area contributed by atoms with Crippen molar-refractivity contribution in [3.63, 3.8) is 0 Å². The third kappa shape index (κ3) is 3.83. The molecule has 0 saturated carbocycles. The molecule has 0 atom stereocenters. The van der Waals surface area contributed by atoms with Crippen LogP contribution in [0.5, 0.6) is 0 Å². The normalized spacial score (nSPS) is 14.7. The van der Waals surface area contributed by atoms with Gasteiger partial charge in [-0.2, -0.15) is 0 Å². The fourth-order valence-electron chi connectivity index (χ4n) is 4.33. The van der Waals surface area contributed by atoms with Crippen molar-refractivity contribution in [2.45, 2.75) is 33.6 Å². The third-order valence-electron chi connectivity index (χ3n) is 5.79. The lowest BCUT2D eigenvalue weighted by molar-refractivity contribution is 0.0910. The van der Waals surface area contributed by atoms with E-state index in [4.69, 9.17) is 0 Å². The summed E-state index contributed by atoms with van der Waals surface area (Å²) in [4.78, 5) is 42.1. The second kappa shape index (κ2) is 7.99. The van der Waals surface area contributed by atoms with Crippen molar-refractivity contribution in [3.8, 4) is 5.69 Å². The first-order valence-corrected chi connectivity index (χ1v) is 10.6. The van der Waals surface area contributed by atoms with E-state index in [1.807, 2.05) is 69.3 Å². The number of hydrogen-bond donors (Lipinski definition) is 0. The zero-order chi connectivity index (χ0) is 22.2. The van der Waals surface area contributed by atoms with Crippen LogP contribution in [0.4, 0.5) is 5.69 Å². The molecule has 3 aromatic rings. The predicted molar refractivity (Wildman–Crippen MR) is 122 cm³/mol. The summed E-state index contributed by atoms with van der Waals surface area (Å²) >= 11 is 0. The van der Waals surface area contributed by atoms with Gasteiger partial charge in [0.1, 0.15) is 5.56 Å². The van der Waals surface area contributed by atoms with Crippen molar-refractivity contribution >= 4 is 17.4 Å². The number of hydrogen-bond acceptors (Lipinski definition) is 3. The number of ketones is 1. The fourth-order valence-corrected chi connectivity index (χ4v) is 4.33. The SMILES string of the molecule is CCN(C(=O)c1c2c(cn(-c3ccccc3)c1=O)C(=O)CC(C)(C)C2)c1ccccc1. The molecule has 0 spiro atoms. The highest BCUT2D eigenvalue weighted by Gasteiger charge is 2.37. The number of carbonyl (C=O) groups excluding carboxylic acids is 2. The van der Waals surface area contributed by atoms with Crippen molar-refractivity contribution in [1.29, 1.82) is 0 Å². The Labute approximate surface area is 181 Å². The van der Waals surface area contributed by atoms with Gasteiger partial charge in [-0.1, -0.05) is 50.2 Å². The van der Waals surface area contributed by atoms with Crippen molar-refractivity contribution in [2.75, 3.05) is 11.4 Å². The third-order valence-corrected chi connectivity index (χ3v) is 5.79. The first-order chi connectivity index (χ1) is 14.8. The number of rotatable bonds is 4. The van der Waals surface area contributed by atoms with Gasteiger partial charge in [-0.15, -0.1) is 0 Å². The molecule has 0 fully saturated rings. The van der Waals surface area contributed by atoms with E-state index in [1.54, 1.807) is 23.2 Å². The summed E-state index contributed by atoms with van der Waals surface area (Å²) < 4.78 is 1.43. The molecule has 5 heteroatoms. The maximum Gasteiger partial charge on any atom is 0.268 e. The first kappa shape index (κ1) is 20.8. The molecule has 0 bridgehead atoms. The number of anilines is 1. The fraction of sp³-hybridized carbons (Fsp3) is 0.269. The number of nitrogens with zero attached hydrogens (tertiary/aromatic N) is 2. The molecule has 2 aromatic carbocycles. The summed E-state index contributed by atoms with van der Waals surface area (Å²) in [5, 5.41) is 0. The molecule has 1 amide bonds. The number of amides is 1. The Balaban J connectivity index is 1.98. The van der Waals surface area contributed by atoms with E-state index < -0.39 is 5.56 Å². The van der Waals surface area contributed by atoms with E-state index >= 15 is 0 Å². The van der Waals surface area contributed by atoms with E-state index in [9.17, 15) is 14.4 Å². The highest BCUT2D eigenvalue weighted by Crippen LogP contribution is 2.36. The van der Waals surface area contributed by atoms with Crippen molar-refractivity contribution in [3.05, 3.63) is 93.9 Å². The Bertz CT molecular complexity index is 1190. The highest BCUT2D eigenvalue weighted by molar-refractivity contribution is 6.09. The number of Topliss-reactive ketones (excluding diaryl/α,β-unsaturated/α-hetero) is 1. The van der Waals surface area contributed by atoms with Crippen LogP contribution in [-0.2, 0) is 6.42 Å². The molecule has 158 valence electrons. The molecule has 0 radical (unpaired) electrons. The Hall–Kier alpha value is -3.47. The Morgan fingerprint density at radius 1 is 0.968 bits per heavy atom. The summed E-state index contributed by atoms with van der Waals surface area (Å²) in [5.74, 6) is -0.404. The number of aromatic nitrogens is 1. The highest BCUT2D eigenvalue weighted by atomic mass is 16.2. The molecule has 5 nitrogen and oxygen atoms in total. The average molecular weight is 415 g/mol. The summed E-state index contributed by atoms with van der Waals surface area (Å²) in [6, 6.07) is 18.4. The minimum atomic E-state index is -0.394. The molecule has 0 aliphatic heterocycles. The topological polar surface area (TPSA) is 59.4 Å². The maximum absolute atomic E-state index is 13.8. The van der Waals surface area contributed by atoms with Gasteiger partial charge in [0.2, 0.25) is 0 Å². The minimum Gasteiger partial charge on any atom is -0.308 e. The molecule has 1 aromatic heterocycles. The van der Waals surface area contributed by atoms with Gasteiger partial charge in [-0.3, -0.25) is 19.0 Å². The van der Waals surface area contributed by atoms with Gasteiger partial charge >= 0.3 is 0 Å². The van der Waals surface area contributed by atoms with Crippen LogP contribution in [0, 0.1) is 5.41 Å². The van der Waals surface area contributed by atoms with Crippen molar-refractivity contribution in [1.82, 2.24) is 4.57 Å². The summed E-state index contributed by atoms with van der Waals surface area (Å²) in [5.41, 5.74) is 1.77. The molecule has 1 aliphatic carbocycles. The van der Waals surface area contributed by atoms with Crippen LogP contribution in [-0.4, -0.2) is 22.8 Å². The molecular formula is C26H26N2O3. The number of carbonyl (C=O) groups is 2. The molecule has 0 unspecified atom stereocenters. The predicted octanol–water partition coefficient (Wildman–Crippen LogP) is 4.66. The van der Waals surface area contributed by atoms with Gasteiger partial charge in [-0.05, 0) is 48.6 Å². The summed E-state index contributed by atoms with van der Waals surface area (Å²) in [6.45, 7) is 6.29. The van der Waals surface area contributed by atoms with E-state index in [-0.39, 0.29) is 22.7 Å². The monoisotopic (exact) mass is 414 g/mol. The Morgan fingerprint density at radius 3 is 2.19 bits per heavy atom. The number of pyridine rings is 1. The Kier molecular flexibility index (Phi) is 5.36. The summed E-state index contributed by atoms with van der Waals surface area (Å²) in [7, 11) is 0. The molecule has 0 N–H and O–H groups in total. The number of benzene rings is 2. The quantitative estimate of drug-likeness (QED) is 0.624. The molecular weight excluding hydrogens is 388 g/mol. The van der Waals surface area contributed by atoms with Crippen LogP contribution >= 0.6 is 0 Å². The van der Waals surface area contributed by atoms with Crippen LogP contribution < -0.4 is 10.5 Å². The largest absolute Gasteiger partial charge is 0.308 e. The average Bonchev–Trinajstić information content (AvgIpc) is 2.74. The van der Waals surface area contributed by atoms with Crippen molar-refractivity contribution < 1.29 is 9.59 Å². The van der Waals surface area contributed by atoms with E-state index in [1.165, 1.54) is 4.57 Å². The number of fused-ring (bicyclic) bond motifs is 1. The molecule has 0 saturated heterocycles. The van der Waals surface area contributed by atoms with Gasteiger partial charge in [0.15, 0.2) is 5.78 Å².